The highest BCUT2D eigenvalue weighted by atomic mass is 14.1. The van der Waals surface area contributed by atoms with Crippen molar-refractivity contribution in [2.75, 3.05) is 0 Å². The molecular weight excluding hydrogens is 240 g/mol. The fourth-order valence-corrected chi connectivity index (χ4v) is 2.52. The van der Waals surface area contributed by atoms with Crippen LogP contribution in [0.25, 0.3) is 16.7 Å². The number of benzene rings is 2. The van der Waals surface area contributed by atoms with Crippen LogP contribution in [0.2, 0.25) is 0 Å². The molecule has 0 nitrogen and oxygen atoms in total. The standard InChI is InChI=1S/C20H18/c1-16(17-8-4-2-5-9-17)18-12-14-20(15-13-18)19-10-6-3-7-11-19/h2-8,10-15H,9H2,1H3/b17-16+. The van der Waals surface area contributed by atoms with Gasteiger partial charge < -0.3 is 0 Å². The lowest BCUT2D eigenvalue weighted by Crippen LogP contribution is -1.88. The van der Waals surface area contributed by atoms with Gasteiger partial charge in [0.25, 0.3) is 0 Å². The Hall–Kier alpha value is -2.34. The molecule has 20 heavy (non-hydrogen) atoms. The van der Waals surface area contributed by atoms with Crippen LogP contribution in [-0.4, -0.2) is 0 Å². The fraction of sp³-hybridized carbons (Fsp3) is 0.100. The van der Waals surface area contributed by atoms with Crippen LogP contribution < -0.4 is 0 Å². The van der Waals surface area contributed by atoms with E-state index in [-0.39, 0.29) is 0 Å². The third-order valence-electron chi connectivity index (χ3n) is 3.79. The Labute approximate surface area is 120 Å². The number of rotatable bonds is 2. The van der Waals surface area contributed by atoms with Crippen LogP contribution in [0.15, 0.2) is 84.5 Å². The molecule has 0 aromatic heterocycles. The van der Waals surface area contributed by atoms with Crippen LogP contribution in [-0.2, 0) is 0 Å². The van der Waals surface area contributed by atoms with Crippen LogP contribution in [0.3, 0.4) is 0 Å². The van der Waals surface area contributed by atoms with Crippen LogP contribution in [0, 0.1) is 0 Å². The Balaban J connectivity index is 1.90. The quantitative estimate of drug-likeness (QED) is 0.653. The van der Waals surface area contributed by atoms with Gasteiger partial charge in [0.1, 0.15) is 0 Å². The second kappa shape index (κ2) is 5.75. The average Bonchev–Trinajstić information content (AvgIpc) is 2.56. The summed E-state index contributed by atoms with van der Waals surface area (Å²) in [5.74, 6) is 0. The van der Waals surface area contributed by atoms with Crippen molar-refractivity contribution in [3.63, 3.8) is 0 Å². The molecule has 1 aliphatic carbocycles. The lowest BCUT2D eigenvalue weighted by atomic mass is 9.95. The largest absolute Gasteiger partial charge is 0.0801 e. The highest BCUT2D eigenvalue weighted by Crippen LogP contribution is 2.26. The van der Waals surface area contributed by atoms with E-state index in [4.69, 9.17) is 0 Å². The predicted octanol–water partition coefficient (Wildman–Crippen LogP) is 5.64. The molecule has 0 heterocycles. The molecule has 1 aliphatic rings. The van der Waals surface area contributed by atoms with Gasteiger partial charge >= 0.3 is 0 Å². The summed E-state index contributed by atoms with van der Waals surface area (Å²) < 4.78 is 0. The normalized spacial score (nSPS) is 16.2. The van der Waals surface area contributed by atoms with E-state index in [2.05, 4.69) is 85.8 Å². The molecule has 2 aromatic carbocycles. The van der Waals surface area contributed by atoms with Gasteiger partial charge in [0.05, 0.1) is 0 Å². The van der Waals surface area contributed by atoms with Crippen molar-refractivity contribution in [1.82, 2.24) is 0 Å². The van der Waals surface area contributed by atoms with Crippen LogP contribution >= 0.6 is 0 Å². The highest BCUT2D eigenvalue weighted by Gasteiger charge is 2.04. The molecule has 0 bridgehead atoms. The summed E-state index contributed by atoms with van der Waals surface area (Å²) in [6.07, 6.45) is 9.66. The smallest absolute Gasteiger partial charge is 0.00915 e. The van der Waals surface area contributed by atoms with Crippen molar-refractivity contribution in [3.05, 3.63) is 90.0 Å². The zero-order valence-electron chi connectivity index (χ0n) is 11.7. The summed E-state index contributed by atoms with van der Waals surface area (Å²) in [6.45, 7) is 2.20. The van der Waals surface area contributed by atoms with E-state index in [9.17, 15) is 0 Å². The van der Waals surface area contributed by atoms with E-state index >= 15 is 0 Å². The molecule has 0 N–H and O–H groups in total. The third kappa shape index (κ3) is 2.65. The van der Waals surface area contributed by atoms with Gasteiger partial charge in [-0.05, 0) is 41.2 Å². The molecule has 2 aromatic rings. The van der Waals surface area contributed by atoms with E-state index in [1.165, 1.54) is 27.8 Å². The highest BCUT2D eigenvalue weighted by molar-refractivity contribution is 5.73. The molecule has 0 fully saturated rings. The Bertz CT molecular complexity index is 668. The third-order valence-corrected chi connectivity index (χ3v) is 3.79. The van der Waals surface area contributed by atoms with E-state index in [0.717, 1.165) is 6.42 Å². The summed E-state index contributed by atoms with van der Waals surface area (Å²) in [4.78, 5) is 0. The summed E-state index contributed by atoms with van der Waals surface area (Å²) in [6, 6.07) is 19.4. The number of hydrogen-bond acceptors (Lipinski definition) is 0. The van der Waals surface area contributed by atoms with Gasteiger partial charge in [0.15, 0.2) is 0 Å². The fourth-order valence-electron chi connectivity index (χ4n) is 2.52. The minimum atomic E-state index is 1.03. The van der Waals surface area contributed by atoms with E-state index < -0.39 is 0 Å². The van der Waals surface area contributed by atoms with Crippen molar-refractivity contribution in [2.24, 2.45) is 0 Å². The van der Waals surface area contributed by atoms with Gasteiger partial charge in [0.2, 0.25) is 0 Å². The SMILES string of the molecule is C/C(=C1/C=CC=CC1)c1ccc(-c2ccccc2)cc1. The van der Waals surface area contributed by atoms with Crippen LogP contribution in [0.1, 0.15) is 18.9 Å². The zero-order valence-corrected chi connectivity index (χ0v) is 11.7. The van der Waals surface area contributed by atoms with Gasteiger partial charge in [-0.1, -0.05) is 78.9 Å². The minimum absolute atomic E-state index is 1.03. The first-order valence-electron chi connectivity index (χ1n) is 7.03. The molecular formula is C20H18. The molecule has 3 rings (SSSR count). The molecule has 0 amide bonds. The van der Waals surface area contributed by atoms with Crippen molar-refractivity contribution >= 4 is 5.57 Å². The maximum atomic E-state index is 2.22. The lowest BCUT2D eigenvalue weighted by molar-refractivity contribution is 1.26. The van der Waals surface area contributed by atoms with Gasteiger partial charge in [-0.15, -0.1) is 0 Å². The molecule has 0 spiro atoms. The molecule has 0 heteroatoms. The maximum Gasteiger partial charge on any atom is -0.00915 e. The molecule has 0 atom stereocenters. The summed E-state index contributed by atoms with van der Waals surface area (Å²) in [5.41, 5.74) is 6.61. The molecule has 0 aliphatic heterocycles. The predicted molar refractivity (Wildman–Crippen MR) is 87.4 cm³/mol. The molecule has 0 radical (unpaired) electrons. The second-order valence-electron chi connectivity index (χ2n) is 5.09. The van der Waals surface area contributed by atoms with Crippen molar-refractivity contribution in [1.29, 1.82) is 0 Å². The van der Waals surface area contributed by atoms with E-state index in [1.807, 2.05) is 0 Å². The van der Waals surface area contributed by atoms with Gasteiger partial charge in [-0.2, -0.15) is 0 Å². The van der Waals surface area contributed by atoms with Crippen molar-refractivity contribution in [2.45, 2.75) is 13.3 Å². The first-order valence-corrected chi connectivity index (χ1v) is 7.03. The lowest BCUT2D eigenvalue weighted by Gasteiger charge is -2.10. The van der Waals surface area contributed by atoms with Crippen LogP contribution in [0.4, 0.5) is 0 Å². The van der Waals surface area contributed by atoms with Crippen molar-refractivity contribution in [3.8, 4) is 11.1 Å². The zero-order chi connectivity index (χ0) is 13.8. The van der Waals surface area contributed by atoms with Gasteiger partial charge in [0, 0.05) is 0 Å². The molecule has 98 valence electrons. The number of hydrogen-bond donors (Lipinski definition) is 0. The first-order chi connectivity index (χ1) is 9.84. The minimum Gasteiger partial charge on any atom is -0.0801 e. The topological polar surface area (TPSA) is 0 Å². The summed E-state index contributed by atoms with van der Waals surface area (Å²) in [7, 11) is 0. The Kier molecular flexibility index (Phi) is 3.64. The molecule has 0 saturated carbocycles. The van der Waals surface area contributed by atoms with E-state index in [1.54, 1.807) is 0 Å². The summed E-state index contributed by atoms with van der Waals surface area (Å²) in [5, 5.41) is 0. The Morgan fingerprint density at radius 3 is 2.15 bits per heavy atom. The first kappa shape index (κ1) is 12.7. The maximum absolute atomic E-state index is 2.22. The average molecular weight is 258 g/mol. The van der Waals surface area contributed by atoms with Gasteiger partial charge in [-0.3, -0.25) is 0 Å². The summed E-state index contributed by atoms with van der Waals surface area (Å²) >= 11 is 0. The van der Waals surface area contributed by atoms with Gasteiger partial charge in [-0.25, -0.2) is 0 Å². The van der Waals surface area contributed by atoms with Crippen LogP contribution in [0.5, 0.6) is 0 Å². The second-order valence-corrected chi connectivity index (χ2v) is 5.09. The Morgan fingerprint density at radius 2 is 1.50 bits per heavy atom. The Morgan fingerprint density at radius 1 is 0.800 bits per heavy atom. The monoisotopic (exact) mass is 258 g/mol. The molecule has 0 saturated heterocycles. The van der Waals surface area contributed by atoms with Crippen molar-refractivity contribution < 1.29 is 0 Å². The number of allylic oxidation sites excluding steroid dienone is 6. The van der Waals surface area contributed by atoms with E-state index in [0.29, 0.717) is 0 Å². The molecule has 0 unspecified atom stereocenters.